The Kier molecular flexibility index (Phi) is 6.31. The first-order valence-corrected chi connectivity index (χ1v) is 7.92. The van der Waals surface area contributed by atoms with E-state index in [0.29, 0.717) is 30.7 Å². The van der Waals surface area contributed by atoms with Crippen LogP contribution in [0.3, 0.4) is 0 Å². The molecule has 1 aromatic rings. The predicted octanol–water partition coefficient (Wildman–Crippen LogP) is 2.95. The number of aryl methyl sites for hydroxylation is 1. The fourth-order valence-electron chi connectivity index (χ4n) is 2.96. The largest absolute Gasteiger partial charge is 0.396 e. The maximum absolute atomic E-state index is 13.4. The lowest BCUT2D eigenvalue weighted by molar-refractivity contribution is -0.122. The van der Waals surface area contributed by atoms with E-state index in [1.54, 1.807) is 0 Å². The summed E-state index contributed by atoms with van der Waals surface area (Å²) in [6, 6.07) is 3.57. The van der Waals surface area contributed by atoms with Crippen LogP contribution >= 0.6 is 0 Å². The van der Waals surface area contributed by atoms with Crippen molar-refractivity contribution in [3.63, 3.8) is 0 Å². The van der Waals surface area contributed by atoms with Gasteiger partial charge in [-0.1, -0.05) is 0 Å². The molecule has 0 bridgehead atoms. The van der Waals surface area contributed by atoms with Gasteiger partial charge >= 0.3 is 0 Å². The summed E-state index contributed by atoms with van der Waals surface area (Å²) in [5, 5.41) is 12.1. The summed E-state index contributed by atoms with van der Waals surface area (Å²) in [6.45, 7) is 0.222. The highest BCUT2D eigenvalue weighted by Gasteiger charge is 2.21. The van der Waals surface area contributed by atoms with Crippen LogP contribution in [-0.2, 0) is 11.2 Å². The van der Waals surface area contributed by atoms with E-state index in [1.807, 2.05) is 0 Å². The molecule has 122 valence electrons. The van der Waals surface area contributed by atoms with Crippen molar-refractivity contribution in [1.29, 1.82) is 0 Å². The Balaban J connectivity index is 1.69. The molecule has 0 spiro atoms. The lowest BCUT2D eigenvalue weighted by Crippen LogP contribution is -2.38. The second-order valence-electron chi connectivity index (χ2n) is 6.06. The highest BCUT2D eigenvalue weighted by Crippen LogP contribution is 2.23. The number of rotatable bonds is 6. The van der Waals surface area contributed by atoms with Gasteiger partial charge in [-0.25, -0.2) is 8.78 Å². The first kappa shape index (κ1) is 16.9. The number of nitrogens with one attached hydrogen (secondary N) is 1. The van der Waals surface area contributed by atoms with Crippen LogP contribution in [0.15, 0.2) is 18.2 Å². The van der Waals surface area contributed by atoms with Crippen molar-refractivity contribution in [2.24, 2.45) is 5.92 Å². The van der Waals surface area contributed by atoms with Crippen molar-refractivity contribution in [3.8, 4) is 0 Å². The Bertz CT molecular complexity index is 499. The molecular weight excluding hydrogens is 288 g/mol. The quantitative estimate of drug-likeness (QED) is 0.848. The first-order valence-electron chi connectivity index (χ1n) is 7.92. The molecule has 0 aromatic heterocycles. The fourth-order valence-corrected chi connectivity index (χ4v) is 2.96. The van der Waals surface area contributed by atoms with Gasteiger partial charge in [0.1, 0.15) is 11.6 Å². The van der Waals surface area contributed by atoms with Crippen LogP contribution in [-0.4, -0.2) is 23.7 Å². The van der Waals surface area contributed by atoms with Gasteiger partial charge in [-0.05, 0) is 68.2 Å². The summed E-state index contributed by atoms with van der Waals surface area (Å²) >= 11 is 0. The van der Waals surface area contributed by atoms with Crippen LogP contribution in [0, 0.1) is 17.6 Å². The Morgan fingerprint density at radius 3 is 2.64 bits per heavy atom. The third-order valence-electron chi connectivity index (χ3n) is 4.33. The maximum Gasteiger partial charge on any atom is 0.220 e. The molecule has 0 saturated heterocycles. The van der Waals surface area contributed by atoms with E-state index in [1.165, 1.54) is 6.07 Å². The summed E-state index contributed by atoms with van der Waals surface area (Å²) in [5.41, 5.74) is 0.316. The molecule has 1 amide bonds. The molecule has 22 heavy (non-hydrogen) atoms. The normalized spacial score (nSPS) is 21.6. The Labute approximate surface area is 129 Å². The minimum absolute atomic E-state index is 0.0377. The summed E-state index contributed by atoms with van der Waals surface area (Å²) in [5.74, 6) is -0.556. The minimum atomic E-state index is -0.457. The molecule has 2 rings (SSSR count). The van der Waals surface area contributed by atoms with E-state index >= 15 is 0 Å². The summed E-state index contributed by atoms with van der Waals surface area (Å²) in [4.78, 5) is 11.9. The van der Waals surface area contributed by atoms with E-state index < -0.39 is 11.6 Å². The van der Waals surface area contributed by atoms with E-state index in [2.05, 4.69) is 5.32 Å². The van der Waals surface area contributed by atoms with Crippen molar-refractivity contribution in [3.05, 3.63) is 35.4 Å². The number of amides is 1. The van der Waals surface area contributed by atoms with Crippen LogP contribution in [0.5, 0.6) is 0 Å². The third-order valence-corrected chi connectivity index (χ3v) is 4.33. The Morgan fingerprint density at radius 1 is 1.23 bits per heavy atom. The molecule has 1 aliphatic rings. The van der Waals surface area contributed by atoms with Gasteiger partial charge < -0.3 is 10.4 Å². The zero-order chi connectivity index (χ0) is 15.9. The van der Waals surface area contributed by atoms with Crippen molar-refractivity contribution in [2.45, 2.75) is 51.0 Å². The minimum Gasteiger partial charge on any atom is -0.396 e. The highest BCUT2D eigenvalue weighted by atomic mass is 19.1. The molecule has 0 radical (unpaired) electrons. The van der Waals surface area contributed by atoms with Gasteiger partial charge in [0.2, 0.25) is 5.91 Å². The van der Waals surface area contributed by atoms with Crippen molar-refractivity contribution in [1.82, 2.24) is 5.32 Å². The van der Waals surface area contributed by atoms with Crippen LogP contribution in [0.4, 0.5) is 8.78 Å². The molecule has 0 atom stereocenters. The molecule has 1 aromatic carbocycles. The molecule has 0 unspecified atom stereocenters. The van der Waals surface area contributed by atoms with E-state index in [0.717, 1.165) is 37.8 Å². The zero-order valence-corrected chi connectivity index (χ0v) is 12.7. The van der Waals surface area contributed by atoms with Gasteiger partial charge in [0, 0.05) is 19.1 Å². The number of aliphatic hydroxyl groups excluding tert-OH is 1. The monoisotopic (exact) mass is 311 g/mol. The van der Waals surface area contributed by atoms with Crippen LogP contribution in [0.1, 0.15) is 44.1 Å². The number of hydrogen-bond acceptors (Lipinski definition) is 2. The van der Waals surface area contributed by atoms with E-state index in [9.17, 15) is 13.6 Å². The van der Waals surface area contributed by atoms with Gasteiger partial charge in [-0.3, -0.25) is 4.79 Å². The van der Waals surface area contributed by atoms with Crippen molar-refractivity contribution < 1.29 is 18.7 Å². The zero-order valence-electron chi connectivity index (χ0n) is 12.7. The summed E-state index contributed by atoms with van der Waals surface area (Å²) < 4.78 is 26.5. The van der Waals surface area contributed by atoms with Crippen molar-refractivity contribution in [2.75, 3.05) is 6.61 Å². The predicted molar refractivity (Wildman–Crippen MR) is 80.3 cm³/mol. The smallest absolute Gasteiger partial charge is 0.220 e. The highest BCUT2D eigenvalue weighted by molar-refractivity contribution is 5.76. The SMILES string of the molecule is O=C(CCCc1cc(F)ccc1F)NC1CCC(CO)CC1. The Hall–Kier alpha value is -1.49. The molecule has 3 nitrogen and oxygen atoms in total. The second-order valence-corrected chi connectivity index (χ2v) is 6.06. The Morgan fingerprint density at radius 2 is 1.95 bits per heavy atom. The van der Waals surface area contributed by atoms with Gasteiger partial charge in [-0.15, -0.1) is 0 Å². The third kappa shape index (κ3) is 5.05. The van der Waals surface area contributed by atoms with Gasteiger partial charge in [0.25, 0.3) is 0 Å². The molecule has 5 heteroatoms. The van der Waals surface area contributed by atoms with Crippen molar-refractivity contribution >= 4 is 5.91 Å². The van der Waals surface area contributed by atoms with Gasteiger partial charge in [0.15, 0.2) is 0 Å². The number of benzene rings is 1. The maximum atomic E-state index is 13.4. The molecular formula is C17H23F2NO2. The standard InChI is InChI=1S/C17H23F2NO2/c18-14-6-9-16(19)13(10-14)2-1-3-17(22)20-15-7-4-12(11-21)5-8-15/h6,9-10,12,15,21H,1-5,7-8,11H2,(H,20,22). The molecule has 1 aliphatic carbocycles. The lowest BCUT2D eigenvalue weighted by Gasteiger charge is -2.27. The number of carbonyl (C=O) groups excluding carboxylic acids is 1. The van der Waals surface area contributed by atoms with Crippen LogP contribution in [0.2, 0.25) is 0 Å². The number of carbonyl (C=O) groups is 1. The second kappa shape index (κ2) is 8.22. The van der Waals surface area contributed by atoms with Gasteiger partial charge in [0.05, 0.1) is 0 Å². The topological polar surface area (TPSA) is 49.3 Å². The van der Waals surface area contributed by atoms with Crippen LogP contribution in [0.25, 0.3) is 0 Å². The number of halogens is 2. The number of aliphatic hydroxyl groups is 1. The average molecular weight is 311 g/mol. The van der Waals surface area contributed by atoms with Crippen LogP contribution < -0.4 is 5.32 Å². The number of hydrogen-bond donors (Lipinski definition) is 2. The van der Waals surface area contributed by atoms with E-state index in [-0.39, 0.29) is 18.6 Å². The summed E-state index contributed by atoms with van der Waals surface area (Å²) in [6.07, 6.45) is 4.85. The summed E-state index contributed by atoms with van der Waals surface area (Å²) in [7, 11) is 0. The van der Waals surface area contributed by atoms with E-state index in [4.69, 9.17) is 5.11 Å². The lowest BCUT2D eigenvalue weighted by atomic mass is 9.86. The average Bonchev–Trinajstić information content (AvgIpc) is 2.51. The molecule has 2 N–H and O–H groups in total. The fraction of sp³-hybridized carbons (Fsp3) is 0.588. The molecule has 1 fully saturated rings. The molecule has 1 saturated carbocycles. The first-order chi connectivity index (χ1) is 10.6. The van der Waals surface area contributed by atoms with Gasteiger partial charge in [-0.2, -0.15) is 0 Å². The molecule has 0 heterocycles. The molecule has 0 aliphatic heterocycles.